The number of imidazole rings is 1. The fraction of sp³-hybridized carbons (Fsp3) is 0.0500. The van der Waals surface area contributed by atoms with Crippen LogP contribution in [0.5, 0.6) is 5.75 Å². The van der Waals surface area contributed by atoms with Crippen LogP contribution in [0.2, 0.25) is 5.02 Å². The largest absolute Gasteiger partial charge is 0.489 e. The zero-order valence-corrected chi connectivity index (χ0v) is 13.6. The highest BCUT2D eigenvalue weighted by atomic mass is 35.5. The summed E-state index contributed by atoms with van der Waals surface area (Å²) in [5, 5.41) is 0.720. The van der Waals surface area contributed by atoms with Gasteiger partial charge < -0.3 is 9.72 Å². The van der Waals surface area contributed by atoms with Crippen LogP contribution < -0.4 is 4.74 Å². The number of benzene rings is 3. The minimum atomic E-state index is 0.446. The summed E-state index contributed by atoms with van der Waals surface area (Å²) in [5.74, 6) is 0.814. The van der Waals surface area contributed by atoms with Crippen molar-refractivity contribution in [1.29, 1.82) is 0 Å². The standard InChI is InChI=1S/C20H15ClN2O/c21-18-7-2-1-4-16(18)12-24-17-6-3-5-14(10-17)15-8-9-19-20(11-15)23-13-22-19/h1-11,13H,12H2,(H,22,23). The Bertz CT molecular complexity index is 994. The van der Waals surface area contributed by atoms with E-state index in [9.17, 15) is 0 Å². The summed E-state index contributed by atoms with van der Waals surface area (Å²) < 4.78 is 5.90. The molecule has 0 saturated carbocycles. The molecule has 3 aromatic carbocycles. The van der Waals surface area contributed by atoms with Gasteiger partial charge >= 0.3 is 0 Å². The number of hydrogen-bond acceptors (Lipinski definition) is 2. The highest BCUT2D eigenvalue weighted by Crippen LogP contribution is 2.27. The van der Waals surface area contributed by atoms with E-state index in [0.717, 1.165) is 38.5 Å². The van der Waals surface area contributed by atoms with Crippen LogP contribution in [-0.2, 0) is 6.61 Å². The molecule has 0 aliphatic rings. The Morgan fingerprint density at radius 1 is 0.917 bits per heavy atom. The summed E-state index contributed by atoms with van der Waals surface area (Å²) in [6, 6.07) is 21.9. The van der Waals surface area contributed by atoms with Gasteiger partial charge in [-0.15, -0.1) is 0 Å². The Hall–Kier alpha value is -2.78. The van der Waals surface area contributed by atoms with Crippen LogP contribution in [-0.4, -0.2) is 9.97 Å². The van der Waals surface area contributed by atoms with Crippen molar-refractivity contribution in [2.24, 2.45) is 0 Å². The number of nitrogens with zero attached hydrogens (tertiary/aromatic N) is 1. The molecule has 0 atom stereocenters. The van der Waals surface area contributed by atoms with Gasteiger partial charge in [-0.2, -0.15) is 0 Å². The molecular formula is C20H15ClN2O. The molecule has 0 aliphatic heterocycles. The van der Waals surface area contributed by atoms with Crippen molar-refractivity contribution in [1.82, 2.24) is 9.97 Å². The summed E-state index contributed by atoms with van der Waals surface area (Å²) in [6.45, 7) is 0.446. The highest BCUT2D eigenvalue weighted by Gasteiger charge is 2.04. The number of aromatic amines is 1. The summed E-state index contributed by atoms with van der Waals surface area (Å²) in [7, 11) is 0. The van der Waals surface area contributed by atoms with Gasteiger partial charge in [-0.3, -0.25) is 0 Å². The normalized spacial score (nSPS) is 10.9. The zero-order chi connectivity index (χ0) is 16.4. The van der Waals surface area contributed by atoms with E-state index in [1.807, 2.05) is 48.5 Å². The lowest BCUT2D eigenvalue weighted by molar-refractivity contribution is 0.306. The number of H-pyrrole nitrogens is 1. The first-order chi connectivity index (χ1) is 11.8. The molecule has 0 spiro atoms. The third kappa shape index (κ3) is 2.99. The molecule has 0 amide bonds. The molecule has 1 N–H and O–H groups in total. The molecule has 1 aromatic heterocycles. The van der Waals surface area contributed by atoms with E-state index in [1.54, 1.807) is 6.33 Å². The molecule has 0 fully saturated rings. The van der Waals surface area contributed by atoms with E-state index in [-0.39, 0.29) is 0 Å². The SMILES string of the molecule is Clc1ccccc1COc1cccc(-c2ccc3[nH]cnc3c2)c1. The molecule has 4 rings (SSSR count). The van der Waals surface area contributed by atoms with Crippen LogP contribution in [0, 0.1) is 0 Å². The first-order valence-corrected chi connectivity index (χ1v) is 8.07. The molecule has 118 valence electrons. The summed E-state index contributed by atoms with van der Waals surface area (Å²) in [6.07, 6.45) is 1.71. The maximum absolute atomic E-state index is 6.17. The highest BCUT2D eigenvalue weighted by molar-refractivity contribution is 6.31. The number of hydrogen-bond donors (Lipinski definition) is 1. The molecular weight excluding hydrogens is 320 g/mol. The minimum Gasteiger partial charge on any atom is -0.489 e. The maximum atomic E-state index is 6.17. The van der Waals surface area contributed by atoms with Crippen molar-refractivity contribution < 1.29 is 4.74 Å². The van der Waals surface area contributed by atoms with Crippen LogP contribution in [0.3, 0.4) is 0 Å². The molecule has 0 aliphatic carbocycles. The summed E-state index contributed by atoms with van der Waals surface area (Å²) >= 11 is 6.17. The summed E-state index contributed by atoms with van der Waals surface area (Å²) in [4.78, 5) is 7.42. The maximum Gasteiger partial charge on any atom is 0.120 e. The third-order valence-electron chi connectivity index (χ3n) is 3.94. The Morgan fingerprint density at radius 2 is 1.79 bits per heavy atom. The number of ether oxygens (including phenoxy) is 1. The minimum absolute atomic E-state index is 0.446. The van der Waals surface area contributed by atoms with Crippen molar-refractivity contribution in [2.75, 3.05) is 0 Å². The molecule has 4 heteroatoms. The second-order valence-electron chi connectivity index (χ2n) is 5.54. The average molecular weight is 335 g/mol. The Morgan fingerprint density at radius 3 is 2.71 bits per heavy atom. The van der Waals surface area contributed by atoms with Gasteiger partial charge in [0, 0.05) is 10.6 Å². The van der Waals surface area contributed by atoms with E-state index in [4.69, 9.17) is 16.3 Å². The molecule has 0 bridgehead atoms. The number of halogens is 1. The molecule has 0 unspecified atom stereocenters. The van der Waals surface area contributed by atoms with Crippen LogP contribution in [0.25, 0.3) is 22.2 Å². The van der Waals surface area contributed by atoms with E-state index < -0.39 is 0 Å². The van der Waals surface area contributed by atoms with Crippen molar-refractivity contribution in [3.63, 3.8) is 0 Å². The lowest BCUT2D eigenvalue weighted by atomic mass is 10.0. The van der Waals surface area contributed by atoms with Crippen molar-refractivity contribution in [2.45, 2.75) is 6.61 Å². The predicted octanol–water partition coefficient (Wildman–Crippen LogP) is 5.46. The number of fused-ring (bicyclic) bond motifs is 1. The third-order valence-corrected chi connectivity index (χ3v) is 4.31. The molecule has 1 heterocycles. The monoisotopic (exact) mass is 334 g/mol. The molecule has 3 nitrogen and oxygen atoms in total. The first kappa shape index (κ1) is 14.8. The van der Waals surface area contributed by atoms with Gasteiger partial charge in [0.25, 0.3) is 0 Å². The number of nitrogens with one attached hydrogen (secondary N) is 1. The van der Waals surface area contributed by atoms with Gasteiger partial charge in [-0.25, -0.2) is 4.98 Å². The average Bonchev–Trinajstić information content (AvgIpc) is 3.09. The van der Waals surface area contributed by atoms with Gasteiger partial charge in [0.05, 0.1) is 17.4 Å². The summed E-state index contributed by atoms with van der Waals surface area (Å²) in [5.41, 5.74) is 5.16. The van der Waals surface area contributed by atoms with E-state index >= 15 is 0 Å². The van der Waals surface area contributed by atoms with Gasteiger partial charge in [-0.05, 0) is 41.5 Å². The van der Waals surface area contributed by atoms with Gasteiger partial charge in [-0.1, -0.05) is 48.0 Å². The van der Waals surface area contributed by atoms with Crippen molar-refractivity contribution >= 4 is 22.6 Å². The van der Waals surface area contributed by atoms with Crippen LogP contribution in [0.15, 0.2) is 73.1 Å². The van der Waals surface area contributed by atoms with Gasteiger partial charge in [0.15, 0.2) is 0 Å². The number of rotatable bonds is 4. The first-order valence-electron chi connectivity index (χ1n) is 7.69. The second kappa shape index (κ2) is 6.38. The fourth-order valence-corrected chi connectivity index (χ4v) is 2.84. The van der Waals surface area contributed by atoms with Crippen LogP contribution in [0.1, 0.15) is 5.56 Å². The molecule has 4 aromatic rings. The topological polar surface area (TPSA) is 37.9 Å². The van der Waals surface area contributed by atoms with Crippen LogP contribution in [0.4, 0.5) is 0 Å². The second-order valence-corrected chi connectivity index (χ2v) is 5.95. The lowest BCUT2D eigenvalue weighted by Crippen LogP contribution is -1.96. The lowest BCUT2D eigenvalue weighted by Gasteiger charge is -2.09. The molecule has 0 radical (unpaired) electrons. The van der Waals surface area contributed by atoms with Gasteiger partial charge in [0.2, 0.25) is 0 Å². The predicted molar refractivity (Wildman–Crippen MR) is 97.3 cm³/mol. The van der Waals surface area contributed by atoms with Crippen LogP contribution >= 0.6 is 11.6 Å². The molecule has 0 saturated heterocycles. The van der Waals surface area contributed by atoms with E-state index in [0.29, 0.717) is 6.61 Å². The van der Waals surface area contributed by atoms with Crippen molar-refractivity contribution in [3.05, 3.63) is 83.6 Å². The smallest absolute Gasteiger partial charge is 0.120 e. The van der Waals surface area contributed by atoms with E-state index in [1.165, 1.54) is 0 Å². The zero-order valence-electron chi connectivity index (χ0n) is 12.9. The quantitative estimate of drug-likeness (QED) is 0.538. The van der Waals surface area contributed by atoms with Gasteiger partial charge in [0.1, 0.15) is 12.4 Å². The molecule has 24 heavy (non-hydrogen) atoms. The Labute approximate surface area is 144 Å². The number of aromatic nitrogens is 2. The Kier molecular flexibility index (Phi) is 3.93. The Balaban J connectivity index is 1.58. The van der Waals surface area contributed by atoms with E-state index in [2.05, 4.69) is 28.2 Å². The fourth-order valence-electron chi connectivity index (χ4n) is 2.65. The van der Waals surface area contributed by atoms with Crippen molar-refractivity contribution in [3.8, 4) is 16.9 Å².